The quantitative estimate of drug-likeness (QED) is 0.758. The fourth-order valence-electron chi connectivity index (χ4n) is 2.18. The molecule has 0 amide bonds. The van der Waals surface area contributed by atoms with Crippen LogP contribution in [0.5, 0.6) is 0 Å². The van der Waals surface area contributed by atoms with Gasteiger partial charge in [-0.2, -0.15) is 0 Å². The van der Waals surface area contributed by atoms with Crippen molar-refractivity contribution in [3.8, 4) is 0 Å². The van der Waals surface area contributed by atoms with Gasteiger partial charge in [0.2, 0.25) is 0 Å². The molecule has 0 spiro atoms. The maximum absolute atomic E-state index is 12.7. The Bertz CT molecular complexity index is 327. The van der Waals surface area contributed by atoms with Crippen LogP contribution in [-0.2, 0) is 6.54 Å². The molecule has 15 heavy (non-hydrogen) atoms. The lowest BCUT2D eigenvalue weighted by Gasteiger charge is -2.22. The van der Waals surface area contributed by atoms with Gasteiger partial charge in [-0.25, -0.2) is 4.39 Å². The molecular formula is C12H17FN2. The number of aromatic nitrogens is 1. The predicted molar refractivity (Wildman–Crippen MR) is 58.4 cm³/mol. The zero-order valence-corrected chi connectivity index (χ0v) is 9.12. The molecule has 0 aliphatic carbocycles. The summed E-state index contributed by atoms with van der Waals surface area (Å²) in [6.07, 6.45) is 5.80. The van der Waals surface area contributed by atoms with Crippen molar-refractivity contribution in [2.24, 2.45) is 0 Å². The number of alkyl halides is 1. The summed E-state index contributed by atoms with van der Waals surface area (Å²) in [5, 5.41) is 0. The SMILES string of the molecule is Cc1cnccc1CN1CCCC1CF. The first-order chi connectivity index (χ1) is 7.31. The third kappa shape index (κ3) is 2.34. The number of pyridine rings is 1. The maximum atomic E-state index is 12.7. The predicted octanol–water partition coefficient (Wildman–Crippen LogP) is 2.32. The molecule has 0 radical (unpaired) electrons. The second kappa shape index (κ2) is 4.71. The Morgan fingerprint density at radius 3 is 3.20 bits per heavy atom. The van der Waals surface area contributed by atoms with E-state index in [2.05, 4.69) is 16.8 Å². The van der Waals surface area contributed by atoms with E-state index in [9.17, 15) is 4.39 Å². The monoisotopic (exact) mass is 208 g/mol. The summed E-state index contributed by atoms with van der Waals surface area (Å²) in [6.45, 7) is 3.73. The van der Waals surface area contributed by atoms with Gasteiger partial charge < -0.3 is 0 Å². The summed E-state index contributed by atoms with van der Waals surface area (Å²) in [6, 6.07) is 2.17. The highest BCUT2D eigenvalue weighted by Gasteiger charge is 2.24. The lowest BCUT2D eigenvalue weighted by molar-refractivity contribution is 0.207. The largest absolute Gasteiger partial charge is 0.294 e. The Kier molecular flexibility index (Phi) is 3.31. The van der Waals surface area contributed by atoms with Gasteiger partial charge in [0.1, 0.15) is 6.67 Å². The summed E-state index contributed by atoms with van der Waals surface area (Å²) in [4.78, 5) is 6.30. The average molecular weight is 208 g/mol. The minimum absolute atomic E-state index is 0.137. The minimum atomic E-state index is -0.218. The minimum Gasteiger partial charge on any atom is -0.294 e. The molecule has 1 aromatic heterocycles. The summed E-state index contributed by atoms with van der Waals surface area (Å²) in [5.41, 5.74) is 2.47. The van der Waals surface area contributed by atoms with Crippen LogP contribution in [0.1, 0.15) is 24.0 Å². The fourth-order valence-corrected chi connectivity index (χ4v) is 2.18. The number of nitrogens with zero attached hydrogens (tertiary/aromatic N) is 2. The van der Waals surface area contributed by atoms with Gasteiger partial charge in [-0.05, 0) is 43.5 Å². The molecule has 2 nitrogen and oxygen atoms in total. The van der Waals surface area contributed by atoms with Gasteiger partial charge in [0, 0.05) is 25.0 Å². The van der Waals surface area contributed by atoms with Crippen molar-refractivity contribution in [3.05, 3.63) is 29.6 Å². The molecule has 2 rings (SSSR count). The third-order valence-corrected chi connectivity index (χ3v) is 3.19. The van der Waals surface area contributed by atoms with E-state index in [-0.39, 0.29) is 12.7 Å². The van der Waals surface area contributed by atoms with Gasteiger partial charge in [-0.15, -0.1) is 0 Å². The van der Waals surface area contributed by atoms with E-state index < -0.39 is 0 Å². The van der Waals surface area contributed by atoms with Crippen molar-refractivity contribution in [3.63, 3.8) is 0 Å². The smallest absolute Gasteiger partial charge is 0.105 e. The van der Waals surface area contributed by atoms with E-state index >= 15 is 0 Å². The van der Waals surface area contributed by atoms with Crippen molar-refractivity contribution >= 4 is 0 Å². The standard InChI is InChI=1S/C12H17FN2/c1-10-8-14-5-4-11(10)9-15-6-2-3-12(15)7-13/h4-5,8,12H,2-3,6-7,9H2,1H3. The Labute approximate surface area is 90.1 Å². The summed E-state index contributed by atoms with van der Waals surface area (Å²) < 4.78 is 12.7. The summed E-state index contributed by atoms with van der Waals surface area (Å²) >= 11 is 0. The molecule has 1 saturated heterocycles. The molecule has 1 aliphatic rings. The Balaban J connectivity index is 2.05. The van der Waals surface area contributed by atoms with E-state index in [0.29, 0.717) is 0 Å². The zero-order valence-electron chi connectivity index (χ0n) is 9.12. The highest BCUT2D eigenvalue weighted by atomic mass is 19.1. The van der Waals surface area contributed by atoms with Crippen LogP contribution in [0.4, 0.5) is 4.39 Å². The molecule has 0 N–H and O–H groups in total. The average Bonchev–Trinajstić information content (AvgIpc) is 2.69. The highest BCUT2D eigenvalue weighted by Crippen LogP contribution is 2.21. The van der Waals surface area contributed by atoms with Crippen molar-refractivity contribution in [2.45, 2.75) is 32.4 Å². The van der Waals surface area contributed by atoms with Gasteiger partial charge in [-0.3, -0.25) is 9.88 Å². The summed E-state index contributed by atoms with van der Waals surface area (Å²) in [7, 11) is 0. The topological polar surface area (TPSA) is 16.1 Å². The molecule has 2 heterocycles. The highest BCUT2D eigenvalue weighted by molar-refractivity contribution is 5.21. The molecule has 1 aromatic rings. The lowest BCUT2D eigenvalue weighted by Crippen LogP contribution is -2.30. The molecule has 82 valence electrons. The van der Waals surface area contributed by atoms with Crippen LogP contribution in [0, 0.1) is 6.92 Å². The number of hydrogen-bond donors (Lipinski definition) is 0. The Hall–Kier alpha value is -0.960. The number of likely N-dealkylation sites (tertiary alicyclic amines) is 1. The normalized spacial score (nSPS) is 22.1. The van der Waals surface area contributed by atoms with Gasteiger partial charge in [0.15, 0.2) is 0 Å². The number of hydrogen-bond acceptors (Lipinski definition) is 2. The Morgan fingerprint density at radius 1 is 1.60 bits per heavy atom. The molecule has 0 bridgehead atoms. The zero-order chi connectivity index (χ0) is 10.7. The molecule has 3 heteroatoms. The van der Waals surface area contributed by atoms with Crippen LogP contribution in [0.2, 0.25) is 0 Å². The maximum Gasteiger partial charge on any atom is 0.105 e. The van der Waals surface area contributed by atoms with Crippen LogP contribution < -0.4 is 0 Å². The molecule has 1 aliphatic heterocycles. The first-order valence-corrected chi connectivity index (χ1v) is 5.51. The van der Waals surface area contributed by atoms with Gasteiger partial charge in [-0.1, -0.05) is 0 Å². The number of aryl methyl sites for hydroxylation is 1. The lowest BCUT2D eigenvalue weighted by atomic mass is 10.1. The fraction of sp³-hybridized carbons (Fsp3) is 0.583. The van der Waals surface area contributed by atoms with Gasteiger partial charge >= 0.3 is 0 Å². The number of halogens is 1. The van der Waals surface area contributed by atoms with Crippen molar-refractivity contribution < 1.29 is 4.39 Å². The molecule has 0 saturated carbocycles. The van der Waals surface area contributed by atoms with Crippen LogP contribution in [0.3, 0.4) is 0 Å². The van der Waals surface area contributed by atoms with Crippen molar-refractivity contribution in [1.82, 2.24) is 9.88 Å². The first-order valence-electron chi connectivity index (χ1n) is 5.51. The molecule has 1 atom stereocenters. The van der Waals surface area contributed by atoms with Crippen LogP contribution in [0.25, 0.3) is 0 Å². The molecule has 1 fully saturated rings. The van der Waals surface area contributed by atoms with Crippen LogP contribution >= 0.6 is 0 Å². The van der Waals surface area contributed by atoms with Crippen molar-refractivity contribution in [1.29, 1.82) is 0 Å². The van der Waals surface area contributed by atoms with Crippen molar-refractivity contribution in [2.75, 3.05) is 13.2 Å². The second-order valence-corrected chi connectivity index (χ2v) is 4.22. The number of rotatable bonds is 3. The molecule has 0 aromatic carbocycles. The molecule has 1 unspecified atom stereocenters. The van der Waals surface area contributed by atoms with Gasteiger partial charge in [0.25, 0.3) is 0 Å². The summed E-state index contributed by atoms with van der Waals surface area (Å²) in [5.74, 6) is 0. The molecular weight excluding hydrogens is 191 g/mol. The van der Waals surface area contributed by atoms with E-state index in [1.54, 1.807) is 0 Å². The van der Waals surface area contributed by atoms with E-state index in [4.69, 9.17) is 0 Å². The Morgan fingerprint density at radius 2 is 2.47 bits per heavy atom. The van der Waals surface area contributed by atoms with E-state index in [1.165, 1.54) is 11.1 Å². The first kappa shape index (κ1) is 10.6. The van der Waals surface area contributed by atoms with E-state index in [1.807, 2.05) is 18.5 Å². The van der Waals surface area contributed by atoms with E-state index in [0.717, 1.165) is 25.9 Å². The third-order valence-electron chi connectivity index (χ3n) is 3.19. The van der Waals surface area contributed by atoms with Crippen LogP contribution in [-0.4, -0.2) is 29.1 Å². The van der Waals surface area contributed by atoms with Crippen LogP contribution in [0.15, 0.2) is 18.5 Å². The van der Waals surface area contributed by atoms with Gasteiger partial charge in [0.05, 0.1) is 0 Å². The second-order valence-electron chi connectivity index (χ2n) is 4.22.